The summed E-state index contributed by atoms with van der Waals surface area (Å²) in [4.78, 5) is 3.89. The van der Waals surface area contributed by atoms with Crippen molar-refractivity contribution in [2.75, 3.05) is 0 Å². The van der Waals surface area contributed by atoms with E-state index in [0.717, 1.165) is 12.8 Å². The highest BCUT2D eigenvalue weighted by molar-refractivity contribution is 6.31. The summed E-state index contributed by atoms with van der Waals surface area (Å²) in [5.41, 5.74) is 0.0625. The number of hydrogen-bond acceptors (Lipinski definition) is 4. The van der Waals surface area contributed by atoms with Crippen LogP contribution in [-0.2, 0) is 12.1 Å². The third kappa shape index (κ3) is 2.28. The molecule has 1 aromatic heterocycles. The number of nitriles is 1. The molecule has 1 N–H and O–H groups in total. The zero-order valence-electron chi connectivity index (χ0n) is 10.7. The topological polar surface area (TPSA) is 74.7 Å². The van der Waals surface area contributed by atoms with Gasteiger partial charge in [0.25, 0.3) is 0 Å². The lowest BCUT2D eigenvalue weighted by Crippen LogP contribution is -2.34. The molecule has 0 radical (unpaired) electrons. The Hall–Kier alpha value is -1.90. The van der Waals surface area contributed by atoms with Crippen molar-refractivity contribution >= 4 is 11.6 Å². The van der Waals surface area contributed by atoms with E-state index in [4.69, 9.17) is 16.9 Å². The van der Waals surface area contributed by atoms with E-state index in [1.54, 1.807) is 29.2 Å². The molecule has 1 aliphatic carbocycles. The van der Waals surface area contributed by atoms with Gasteiger partial charge in [-0.1, -0.05) is 17.7 Å². The Kier molecular flexibility index (Phi) is 3.20. The van der Waals surface area contributed by atoms with Crippen LogP contribution >= 0.6 is 11.6 Å². The fourth-order valence-electron chi connectivity index (χ4n) is 2.49. The van der Waals surface area contributed by atoms with Gasteiger partial charge in [0.2, 0.25) is 0 Å². The molecule has 5 nitrogen and oxygen atoms in total. The predicted molar refractivity (Wildman–Crippen MR) is 72.8 cm³/mol. The molecule has 102 valence electrons. The highest BCUT2D eigenvalue weighted by atomic mass is 35.5. The lowest BCUT2D eigenvalue weighted by atomic mass is 9.88. The largest absolute Gasteiger partial charge is 0.383 e. The van der Waals surface area contributed by atoms with Crippen LogP contribution < -0.4 is 0 Å². The highest BCUT2D eigenvalue weighted by Gasteiger charge is 2.46. The third-order valence-corrected chi connectivity index (χ3v) is 4.00. The first-order chi connectivity index (χ1) is 9.63. The summed E-state index contributed by atoms with van der Waals surface area (Å²) in [5.74, 6) is 0.164. The number of hydrogen-bond donors (Lipinski definition) is 1. The molecule has 6 heteroatoms. The first kappa shape index (κ1) is 13.1. The molecule has 0 spiro atoms. The van der Waals surface area contributed by atoms with Crippen molar-refractivity contribution < 1.29 is 5.11 Å². The van der Waals surface area contributed by atoms with Gasteiger partial charge in [-0.15, -0.1) is 0 Å². The zero-order chi connectivity index (χ0) is 14.2. The summed E-state index contributed by atoms with van der Waals surface area (Å²) in [7, 11) is 0. The smallest absolute Gasteiger partial charge is 0.137 e. The molecular weight excluding hydrogens is 276 g/mol. The second-order valence-electron chi connectivity index (χ2n) is 5.10. The number of rotatable bonds is 4. The average Bonchev–Trinajstić information content (AvgIpc) is 3.19. The summed E-state index contributed by atoms with van der Waals surface area (Å²) >= 11 is 6.25. The van der Waals surface area contributed by atoms with Crippen LogP contribution in [0, 0.1) is 17.2 Å². The lowest BCUT2D eigenvalue weighted by Gasteiger charge is -2.29. The normalized spacial score (nSPS) is 17.4. The van der Waals surface area contributed by atoms with Crippen molar-refractivity contribution in [3.05, 3.63) is 47.0 Å². The molecule has 2 aromatic rings. The monoisotopic (exact) mass is 288 g/mol. The Balaban J connectivity index is 2.00. The van der Waals surface area contributed by atoms with E-state index in [0.29, 0.717) is 22.7 Å². The fraction of sp³-hybridized carbons (Fsp3) is 0.357. The van der Waals surface area contributed by atoms with E-state index in [-0.39, 0.29) is 5.92 Å². The van der Waals surface area contributed by atoms with Crippen molar-refractivity contribution in [3.8, 4) is 6.07 Å². The molecule has 1 saturated carbocycles. The molecule has 1 heterocycles. The Morgan fingerprint density at radius 1 is 1.50 bits per heavy atom. The van der Waals surface area contributed by atoms with Gasteiger partial charge in [-0.05, 0) is 30.9 Å². The number of halogens is 1. The van der Waals surface area contributed by atoms with E-state index in [2.05, 4.69) is 10.1 Å². The molecule has 0 bridgehead atoms. The SMILES string of the molecule is N#Cc1ccc(C(O)(Cn2cncn2)C2CC2)c(Cl)c1. The van der Waals surface area contributed by atoms with Crippen molar-refractivity contribution in [2.24, 2.45) is 5.92 Å². The molecule has 0 saturated heterocycles. The maximum Gasteiger partial charge on any atom is 0.137 e. The van der Waals surface area contributed by atoms with Crippen molar-refractivity contribution in [3.63, 3.8) is 0 Å². The van der Waals surface area contributed by atoms with E-state index in [9.17, 15) is 5.11 Å². The molecule has 1 fully saturated rings. The minimum atomic E-state index is -1.07. The molecule has 3 rings (SSSR count). The lowest BCUT2D eigenvalue weighted by molar-refractivity contribution is -0.00766. The zero-order valence-corrected chi connectivity index (χ0v) is 11.5. The first-order valence-electron chi connectivity index (χ1n) is 6.38. The minimum absolute atomic E-state index is 0.164. The van der Waals surface area contributed by atoms with Gasteiger partial charge in [0.1, 0.15) is 18.3 Å². The third-order valence-electron chi connectivity index (χ3n) is 3.69. The average molecular weight is 289 g/mol. The van der Waals surface area contributed by atoms with Gasteiger partial charge in [-0.2, -0.15) is 10.4 Å². The second-order valence-corrected chi connectivity index (χ2v) is 5.51. The molecule has 1 aliphatic rings. The fourth-order valence-corrected chi connectivity index (χ4v) is 2.84. The van der Waals surface area contributed by atoms with Crippen molar-refractivity contribution in [1.82, 2.24) is 14.8 Å². The Morgan fingerprint density at radius 2 is 2.30 bits per heavy atom. The second kappa shape index (κ2) is 4.89. The number of aromatic nitrogens is 3. The highest BCUT2D eigenvalue weighted by Crippen LogP contribution is 2.48. The van der Waals surface area contributed by atoms with Gasteiger partial charge < -0.3 is 5.11 Å². The summed E-state index contributed by atoms with van der Waals surface area (Å²) in [5, 5.41) is 24.4. The van der Waals surface area contributed by atoms with Crippen LogP contribution in [-0.4, -0.2) is 19.9 Å². The molecule has 1 aromatic carbocycles. The standard InChI is InChI=1S/C14H13ClN4O/c15-13-5-10(6-16)1-4-12(13)14(20,11-2-3-11)7-19-9-17-8-18-19/h1,4-5,8-9,11,20H,2-3,7H2. The Bertz CT molecular complexity index is 660. The van der Waals surface area contributed by atoms with Crippen LogP contribution in [0.1, 0.15) is 24.0 Å². The van der Waals surface area contributed by atoms with E-state index in [1.165, 1.54) is 6.33 Å². The summed E-state index contributed by atoms with van der Waals surface area (Å²) in [6.07, 6.45) is 4.93. The van der Waals surface area contributed by atoms with Crippen LogP contribution in [0.25, 0.3) is 0 Å². The van der Waals surface area contributed by atoms with Gasteiger partial charge >= 0.3 is 0 Å². The van der Waals surface area contributed by atoms with Crippen molar-refractivity contribution in [2.45, 2.75) is 25.0 Å². The summed E-state index contributed by atoms with van der Waals surface area (Å²) in [6.45, 7) is 0.309. The first-order valence-corrected chi connectivity index (χ1v) is 6.76. The van der Waals surface area contributed by atoms with Crippen molar-refractivity contribution in [1.29, 1.82) is 5.26 Å². The van der Waals surface area contributed by atoms with Crippen LogP contribution in [0.2, 0.25) is 5.02 Å². The van der Waals surface area contributed by atoms with Gasteiger partial charge in [0.05, 0.1) is 18.2 Å². The number of benzene rings is 1. The number of nitrogens with zero attached hydrogens (tertiary/aromatic N) is 4. The van der Waals surface area contributed by atoms with Gasteiger partial charge in [0, 0.05) is 10.6 Å². The maximum atomic E-state index is 11.1. The molecular formula is C14H13ClN4O. The van der Waals surface area contributed by atoms with Crippen LogP contribution in [0.5, 0.6) is 0 Å². The van der Waals surface area contributed by atoms with E-state index >= 15 is 0 Å². The Labute approximate surface area is 121 Å². The molecule has 1 atom stereocenters. The minimum Gasteiger partial charge on any atom is -0.383 e. The van der Waals surface area contributed by atoms with Crippen LogP contribution in [0.15, 0.2) is 30.9 Å². The van der Waals surface area contributed by atoms with E-state index in [1.807, 2.05) is 6.07 Å². The van der Waals surface area contributed by atoms with Crippen LogP contribution in [0.4, 0.5) is 0 Å². The van der Waals surface area contributed by atoms with Gasteiger partial charge in [0.15, 0.2) is 0 Å². The molecule has 0 aliphatic heterocycles. The predicted octanol–water partition coefficient (Wildman–Crippen LogP) is 2.10. The quantitative estimate of drug-likeness (QED) is 0.935. The molecule has 0 amide bonds. The molecule has 1 unspecified atom stereocenters. The molecule has 20 heavy (non-hydrogen) atoms. The van der Waals surface area contributed by atoms with Gasteiger partial charge in [-0.25, -0.2) is 9.67 Å². The number of aliphatic hydroxyl groups is 1. The van der Waals surface area contributed by atoms with E-state index < -0.39 is 5.60 Å². The van der Waals surface area contributed by atoms with Gasteiger partial charge in [-0.3, -0.25) is 0 Å². The summed E-state index contributed by atoms with van der Waals surface area (Å²) in [6, 6.07) is 7.04. The Morgan fingerprint density at radius 3 is 2.85 bits per heavy atom. The summed E-state index contributed by atoms with van der Waals surface area (Å²) < 4.78 is 1.60. The van der Waals surface area contributed by atoms with Crippen LogP contribution in [0.3, 0.4) is 0 Å². The maximum absolute atomic E-state index is 11.1.